The van der Waals surface area contributed by atoms with Gasteiger partial charge in [0.2, 0.25) is 0 Å². The molecule has 0 spiro atoms. The molecule has 0 amide bonds. The van der Waals surface area contributed by atoms with E-state index in [0.717, 1.165) is 0 Å². The van der Waals surface area contributed by atoms with Gasteiger partial charge in [-0.1, -0.05) is 0 Å². The number of hydrogen-bond acceptors (Lipinski definition) is 1. The fourth-order valence-corrected chi connectivity index (χ4v) is 0. The first-order chi connectivity index (χ1) is 1.00. The molecule has 2 radical (unpaired) electrons. The Morgan fingerprint density at radius 2 is 0.556 bits per heavy atom. The van der Waals surface area contributed by atoms with Crippen LogP contribution in [0.5, 0.6) is 0 Å². The van der Waals surface area contributed by atoms with Crippen LogP contribution in [-0.4, -0.2) is 0 Å². The van der Waals surface area contributed by atoms with Crippen LogP contribution in [0.15, 0.2) is 0 Å². The molecule has 9 heavy (non-hydrogen) atoms. The van der Waals surface area contributed by atoms with Crippen LogP contribution in [0.2, 0.25) is 0 Å². The zero-order valence-corrected chi connectivity index (χ0v) is 7.44. The third-order valence-electron chi connectivity index (χ3n) is 0. The largest absolute Gasteiger partial charge is 0 e. The van der Waals surface area contributed by atoms with Gasteiger partial charge in [0, 0.05) is 37.1 Å². The Labute approximate surface area is 83.6 Å². The number of rotatable bonds is 0. The third kappa shape index (κ3) is 307. The maximum absolute atomic E-state index is 7.88. The summed E-state index contributed by atoms with van der Waals surface area (Å²) in [5, 5.41) is 0. The molecule has 0 saturated heterocycles. The molecule has 0 bridgehead atoms. The summed E-state index contributed by atoms with van der Waals surface area (Å²) < 4.78 is 7.88. The molecule has 66 valence electrons. The Balaban J connectivity index is -0.000000000238. The van der Waals surface area contributed by atoms with E-state index >= 15 is 0 Å². The predicted octanol–water partition coefficient (Wildman–Crippen LogP) is -0.720. The Morgan fingerprint density at radius 1 is 0.556 bits per heavy atom. The van der Waals surface area contributed by atoms with Gasteiger partial charge in [0.05, 0.1) is 0 Å². The normalized spacial score (nSPS) is 0.667. The summed E-state index contributed by atoms with van der Waals surface area (Å²) in [5.74, 6) is 0. The van der Waals surface area contributed by atoms with Crippen molar-refractivity contribution in [3.05, 3.63) is 0 Å². The molecule has 0 aliphatic heterocycles. The third-order valence-corrected chi connectivity index (χ3v) is 0. The summed E-state index contributed by atoms with van der Waals surface area (Å²) in [5.41, 5.74) is 0. The smallest absolute Gasteiger partial charge is 0 e. The van der Waals surface area contributed by atoms with Crippen LogP contribution in [0.25, 0.3) is 0 Å². The van der Waals surface area contributed by atoms with Crippen LogP contribution >= 0.6 is 0 Å². The van der Waals surface area contributed by atoms with E-state index < -0.39 is 0 Å². The minimum absolute atomic E-state index is 0. The van der Waals surface area contributed by atoms with E-state index in [-0.39, 0.29) is 64.5 Å². The standard InChI is InChI=1S/Ni.6O.2V/q;;5*-2;;. The quantitative estimate of drug-likeness (QED) is 0.514. The first-order valence-electron chi connectivity index (χ1n) is 0.129. The van der Waals surface area contributed by atoms with Crippen LogP contribution in [0.3, 0.4) is 0 Å². The van der Waals surface area contributed by atoms with Gasteiger partial charge in [0.25, 0.3) is 0 Å². The van der Waals surface area contributed by atoms with E-state index in [4.69, 9.17) is 3.90 Å². The Hall–Kier alpha value is 1.26. The van der Waals surface area contributed by atoms with Crippen molar-refractivity contribution in [3.8, 4) is 0 Å². The van der Waals surface area contributed by atoms with Crippen molar-refractivity contribution in [1.29, 1.82) is 0 Å². The van der Waals surface area contributed by atoms with Gasteiger partial charge in [-0.3, -0.25) is 0 Å². The van der Waals surface area contributed by atoms with Crippen molar-refractivity contribution >= 4 is 0 Å². The van der Waals surface area contributed by atoms with Gasteiger partial charge in [-0.05, 0) is 0 Å². The molecule has 0 atom stereocenters. The molecule has 0 aromatic carbocycles. The van der Waals surface area contributed by atoms with Gasteiger partial charge in [-0.2, -0.15) is 0 Å². The second kappa shape index (κ2) is 397. The molecule has 0 fully saturated rings. The summed E-state index contributed by atoms with van der Waals surface area (Å²) >= 11 is 2.62. The van der Waals surface area contributed by atoms with Gasteiger partial charge >= 0.3 is 19.3 Å². The predicted molar refractivity (Wildman–Crippen MR) is 4.12 cm³/mol. The van der Waals surface area contributed by atoms with Crippen molar-refractivity contribution in [2.75, 3.05) is 0 Å². The fraction of sp³-hybridized carbons (Fsp3) is 0. The molecule has 0 heterocycles. The van der Waals surface area contributed by atoms with E-state index in [1.54, 1.807) is 0 Å². The SMILES string of the molecule is [O-2].[O-2].[O-2].[O-2].[O-2].[O]=[Ni].[V].[V]. The van der Waals surface area contributed by atoms with Crippen LogP contribution < -0.4 is 0 Å². The molecule has 6 nitrogen and oxygen atoms in total. The summed E-state index contributed by atoms with van der Waals surface area (Å²) in [7, 11) is 0. The summed E-state index contributed by atoms with van der Waals surface area (Å²) in [6.45, 7) is 0. The van der Waals surface area contributed by atoms with Gasteiger partial charge in [0.15, 0.2) is 0 Å². The maximum atomic E-state index is 7.88. The molecule has 9 heteroatoms. The van der Waals surface area contributed by atoms with Crippen molar-refractivity contribution in [3.63, 3.8) is 0 Å². The van der Waals surface area contributed by atoms with Gasteiger partial charge in [-0.25, -0.2) is 0 Å². The van der Waals surface area contributed by atoms with E-state index in [9.17, 15) is 0 Å². The van der Waals surface area contributed by atoms with Crippen LogP contribution in [0, 0.1) is 0 Å². The topological polar surface area (TPSA) is 160 Å². The molecule has 0 aliphatic carbocycles. The average molecular weight is 257 g/mol. The Bertz CT molecular complexity index is 11.0. The van der Waals surface area contributed by atoms with Crippen LogP contribution in [-0.2, 0) is 83.8 Å². The first kappa shape index (κ1) is 172. The van der Waals surface area contributed by atoms with E-state index in [2.05, 4.69) is 15.4 Å². The second-order valence-electron chi connectivity index (χ2n) is 0. The van der Waals surface area contributed by atoms with Crippen molar-refractivity contribution in [2.24, 2.45) is 0 Å². The zero-order chi connectivity index (χ0) is 2.00. The fourth-order valence-electron chi connectivity index (χ4n) is 0. The first-order valence-corrected chi connectivity index (χ1v) is 0.532. The van der Waals surface area contributed by atoms with Crippen molar-refractivity contribution in [1.82, 2.24) is 0 Å². The Kier molecular flexibility index (Phi) is 7580. The minimum Gasteiger partial charge on any atom is 0 e. The zero-order valence-electron chi connectivity index (χ0n) is 3.66. The number of hydrogen-bond donors (Lipinski definition) is 0. The summed E-state index contributed by atoms with van der Waals surface area (Å²) in [4.78, 5) is 0. The van der Waals surface area contributed by atoms with E-state index in [1.165, 1.54) is 0 Å². The Morgan fingerprint density at radius 3 is 0.556 bits per heavy atom. The molecule has 0 aromatic heterocycles. The van der Waals surface area contributed by atoms with Crippen molar-refractivity contribution < 1.29 is 83.8 Å². The molecule has 0 aromatic rings. The van der Waals surface area contributed by atoms with Gasteiger partial charge in [-0.15, -0.1) is 0 Å². The monoisotopic (exact) mass is 256 g/mol. The van der Waals surface area contributed by atoms with E-state index in [0.29, 0.717) is 0 Å². The molecule has 0 N–H and O–H groups in total. The van der Waals surface area contributed by atoms with E-state index in [1.807, 2.05) is 0 Å². The second-order valence-corrected chi connectivity index (χ2v) is 0. The molecular weight excluding hydrogens is 257 g/mol. The molecule has 0 unspecified atom stereocenters. The molecule has 0 rings (SSSR count). The van der Waals surface area contributed by atoms with Crippen molar-refractivity contribution in [2.45, 2.75) is 0 Å². The molecule has 0 aliphatic rings. The minimum atomic E-state index is 0. The van der Waals surface area contributed by atoms with Gasteiger partial charge < -0.3 is 27.4 Å². The van der Waals surface area contributed by atoms with Crippen LogP contribution in [0.1, 0.15) is 0 Å². The van der Waals surface area contributed by atoms with Gasteiger partial charge in [0.1, 0.15) is 0 Å². The average Bonchev–Trinajstić information content (AvgIpc) is 1.00. The van der Waals surface area contributed by atoms with Crippen LogP contribution in [0.4, 0.5) is 0 Å². The molecule has 0 saturated carbocycles. The maximum Gasteiger partial charge on any atom is 0 e. The summed E-state index contributed by atoms with van der Waals surface area (Å²) in [6, 6.07) is 0. The molecular formula is NiO6V2-10. The summed E-state index contributed by atoms with van der Waals surface area (Å²) in [6.07, 6.45) is 0.